The number of azide groups is 2. The number of aliphatic hydroxyl groups is 2. The zero-order valence-corrected chi connectivity index (χ0v) is 7.30. The first-order chi connectivity index (χ1) is 6.69. The van der Waals surface area contributed by atoms with Gasteiger partial charge in [0.15, 0.2) is 0 Å². The summed E-state index contributed by atoms with van der Waals surface area (Å²) < 4.78 is 0. The Hall–Kier alpha value is -1.46. The van der Waals surface area contributed by atoms with Crippen LogP contribution in [0.15, 0.2) is 10.2 Å². The van der Waals surface area contributed by atoms with Crippen molar-refractivity contribution >= 4 is 0 Å². The van der Waals surface area contributed by atoms with Gasteiger partial charge < -0.3 is 10.2 Å². The molecule has 2 N–H and O–H groups in total. The highest BCUT2D eigenvalue weighted by Gasteiger charge is 2.34. The predicted octanol–water partition coefficient (Wildman–Crippen LogP) is 0.860. The summed E-state index contributed by atoms with van der Waals surface area (Å²) in [4.78, 5) is 5.13. The molecule has 0 bridgehead atoms. The van der Waals surface area contributed by atoms with Crippen LogP contribution in [0, 0.1) is 0 Å². The molecule has 0 saturated heterocycles. The van der Waals surface area contributed by atoms with Gasteiger partial charge in [0.1, 0.15) is 0 Å². The molecule has 0 radical (unpaired) electrons. The Bertz CT molecular complexity index is 265. The molecular formula is C6H10N6O2. The van der Waals surface area contributed by atoms with Crippen molar-refractivity contribution in [2.75, 3.05) is 0 Å². The van der Waals surface area contributed by atoms with Crippen LogP contribution in [0.2, 0.25) is 0 Å². The van der Waals surface area contributed by atoms with E-state index in [4.69, 9.17) is 11.1 Å². The van der Waals surface area contributed by atoms with E-state index in [1.807, 2.05) is 0 Å². The normalized spacial score (nSPS) is 36.7. The first kappa shape index (κ1) is 10.6. The van der Waals surface area contributed by atoms with Gasteiger partial charge in [-0.3, -0.25) is 0 Å². The number of hydrogen-bond donors (Lipinski definition) is 2. The monoisotopic (exact) mass is 198 g/mol. The third-order valence-corrected chi connectivity index (χ3v) is 2.25. The second kappa shape index (κ2) is 4.69. The highest BCUT2D eigenvalue weighted by atomic mass is 16.3. The molecule has 0 spiro atoms. The largest absolute Gasteiger partial charge is 0.393 e. The van der Waals surface area contributed by atoms with Crippen LogP contribution in [0.25, 0.3) is 20.9 Å². The molecule has 14 heavy (non-hydrogen) atoms. The Balaban J connectivity index is 2.70. The SMILES string of the molecule is [N-]=[N+]=N[C@H]1C[C@@H](O)[C@H](N=[N+]=[N-])C[C@@H]1O. The molecule has 0 aliphatic heterocycles. The first-order valence-electron chi connectivity index (χ1n) is 4.13. The molecule has 0 unspecified atom stereocenters. The molecule has 1 aliphatic carbocycles. The molecule has 0 heterocycles. The van der Waals surface area contributed by atoms with Gasteiger partial charge in [-0.25, -0.2) is 0 Å². The van der Waals surface area contributed by atoms with Crippen LogP contribution in [-0.4, -0.2) is 34.5 Å². The van der Waals surface area contributed by atoms with E-state index in [2.05, 4.69) is 20.1 Å². The van der Waals surface area contributed by atoms with Gasteiger partial charge in [0.2, 0.25) is 0 Å². The Labute approximate surface area is 79.4 Å². The maximum atomic E-state index is 9.46. The van der Waals surface area contributed by atoms with Crippen molar-refractivity contribution in [3.05, 3.63) is 20.9 Å². The average molecular weight is 198 g/mol. The second-order valence-corrected chi connectivity index (χ2v) is 3.15. The summed E-state index contributed by atoms with van der Waals surface area (Å²) in [5.74, 6) is 0. The van der Waals surface area contributed by atoms with E-state index in [9.17, 15) is 10.2 Å². The number of nitrogens with zero attached hydrogens (tertiary/aromatic N) is 6. The van der Waals surface area contributed by atoms with E-state index in [1.54, 1.807) is 0 Å². The van der Waals surface area contributed by atoms with E-state index in [0.29, 0.717) is 0 Å². The molecule has 8 heteroatoms. The van der Waals surface area contributed by atoms with Gasteiger partial charge in [-0.05, 0) is 23.9 Å². The van der Waals surface area contributed by atoms with Crippen LogP contribution in [0.3, 0.4) is 0 Å². The van der Waals surface area contributed by atoms with Crippen molar-refractivity contribution in [1.29, 1.82) is 0 Å². The fourth-order valence-electron chi connectivity index (χ4n) is 1.50. The summed E-state index contributed by atoms with van der Waals surface area (Å²) in [5, 5.41) is 25.6. The maximum absolute atomic E-state index is 9.46. The summed E-state index contributed by atoms with van der Waals surface area (Å²) in [7, 11) is 0. The fourth-order valence-corrected chi connectivity index (χ4v) is 1.50. The smallest absolute Gasteiger partial charge is 0.0658 e. The molecule has 1 saturated carbocycles. The second-order valence-electron chi connectivity index (χ2n) is 3.15. The molecule has 0 amide bonds. The van der Waals surface area contributed by atoms with Crippen molar-refractivity contribution < 1.29 is 10.2 Å². The standard InChI is InChI=1S/C6H10N6O2/c7-11-9-3-1-5(13)4(10-12-8)2-6(3)14/h3-6,13-14H,1-2H2/t3-,4+,5+,6-. The molecule has 0 aromatic heterocycles. The van der Waals surface area contributed by atoms with E-state index in [0.717, 1.165) is 0 Å². The Morgan fingerprint density at radius 3 is 1.57 bits per heavy atom. The molecule has 76 valence electrons. The lowest BCUT2D eigenvalue weighted by Gasteiger charge is -2.31. The topological polar surface area (TPSA) is 138 Å². The number of hydrogen-bond acceptors (Lipinski definition) is 4. The van der Waals surface area contributed by atoms with Gasteiger partial charge in [-0.2, -0.15) is 0 Å². The number of aliphatic hydroxyl groups excluding tert-OH is 2. The van der Waals surface area contributed by atoms with Gasteiger partial charge >= 0.3 is 0 Å². The van der Waals surface area contributed by atoms with Gasteiger partial charge in [0, 0.05) is 9.82 Å². The highest BCUT2D eigenvalue weighted by molar-refractivity contribution is 4.93. The lowest BCUT2D eigenvalue weighted by Crippen LogP contribution is -2.42. The minimum atomic E-state index is -0.857. The number of rotatable bonds is 2. The molecular weight excluding hydrogens is 188 g/mol. The van der Waals surface area contributed by atoms with E-state index in [1.165, 1.54) is 0 Å². The average Bonchev–Trinajstić information content (AvgIpc) is 2.14. The van der Waals surface area contributed by atoms with Gasteiger partial charge in [0.05, 0.1) is 24.3 Å². The van der Waals surface area contributed by atoms with Crippen LogP contribution in [0.1, 0.15) is 12.8 Å². The summed E-state index contributed by atoms with van der Waals surface area (Å²) in [6.07, 6.45) is -1.47. The third-order valence-electron chi connectivity index (χ3n) is 2.25. The van der Waals surface area contributed by atoms with Crippen LogP contribution >= 0.6 is 0 Å². The zero-order chi connectivity index (χ0) is 10.6. The minimum Gasteiger partial charge on any atom is -0.393 e. The van der Waals surface area contributed by atoms with Crippen molar-refractivity contribution in [3.8, 4) is 0 Å². The Morgan fingerprint density at radius 1 is 0.929 bits per heavy atom. The van der Waals surface area contributed by atoms with E-state index in [-0.39, 0.29) is 12.8 Å². The van der Waals surface area contributed by atoms with Crippen molar-refractivity contribution in [3.63, 3.8) is 0 Å². The van der Waals surface area contributed by atoms with Crippen molar-refractivity contribution in [1.82, 2.24) is 0 Å². The Morgan fingerprint density at radius 2 is 1.29 bits per heavy atom. The van der Waals surface area contributed by atoms with Crippen molar-refractivity contribution in [2.24, 2.45) is 10.2 Å². The quantitative estimate of drug-likeness (QED) is 0.386. The molecule has 0 aromatic carbocycles. The highest BCUT2D eigenvalue weighted by Crippen LogP contribution is 2.24. The maximum Gasteiger partial charge on any atom is 0.0658 e. The Kier molecular flexibility index (Phi) is 3.55. The molecule has 1 fully saturated rings. The van der Waals surface area contributed by atoms with Crippen molar-refractivity contribution in [2.45, 2.75) is 37.1 Å². The first-order valence-corrected chi connectivity index (χ1v) is 4.13. The van der Waals surface area contributed by atoms with Gasteiger partial charge in [0.25, 0.3) is 0 Å². The fraction of sp³-hybridized carbons (Fsp3) is 1.00. The van der Waals surface area contributed by atoms with Crippen LogP contribution in [0.4, 0.5) is 0 Å². The van der Waals surface area contributed by atoms with Crippen LogP contribution in [0.5, 0.6) is 0 Å². The third kappa shape index (κ3) is 2.27. The molecule has 8 nitrogen and oxygen atoms in total. The summed E-state index contributed by atoms with van der Waals surface area (Å²) in [5.41, 5.74) is 16.4. The molecule has 4 atom stereocenters. The van der Waals surface area contributed by atoms with Gasteiger partial charge in [-0.15, -0.1) is 0 Å². The lowest BCUT2D eigenvalue weighted by atomic mass is 9.87. The van der Waals surface area contributed by atoms with Gasteiger partial charge in [-0.1, -0.05) is 10.2 Å². The predicted molar refractivity (Wildman–Crippen MR) is 47.1 cm³/mol. The van der Waals surface area contributed by atoms with E-state index >= 15 is 0 Å². The van der Waals surface area contributed by atoms with Crippen LogP contribution in [-0.2, 0) is 0 Å². The summed E-state index contributed by atoms with van der Waals surface area (Å²) in [6.45, 7) is 0. The molecule has 1 aliphatic rings. The zero-order valence-electron chi connectivity index (χ0n) is 7.30. The van der Waals surface area contributed by atoms with Crippen LogP contribution < -0.4 is 0 Å². The molecule has 1 rings (SSSR count). The summed E-state index contributed by atoms with van der Waals surface area (Å²) in [6, 6.07) is -1.28. The lowest BCUT2D eigenvalue weighted by molar-refractivity contribution is 0.0232. The summed E-state index contributed by atoms with van der Waals surface area (Å²) >= 11 is 0. The van der Waals surface area contributed by atoms with E-state index < -0.39 is 24.3 Å². The molecule has 0 aromatic rings. The minimum absolute atomic E-state index is 0.120.